The second-order valence-corrected chi connectivity index (χ2v) is 6.94. The van der Waals surface area contributed by atoms with Crippen LogP contribution in [0.15, 0.2) is 36.7 Å². The Balaban J connectivity index is 1.49. The fourth-order valence-corrected chi connectivity index (χ4v) is 3.66. The third-order valence-corrected chi connectivity index (χ3v) is 5.07. The summed E-state index contributed by atoms with van der Waals surface area (Å²) in [5, 5.41) is 23.4. The first kappa shape index (κ1) is 16.7. The Morgan fingerprint density at radius 2 is 2.23 bits per heavy atom. The molecule has 134 valence electrons. The van der Waals surface area contributed by atoms with Gasteiger partial charge in [-0.3, -0.25) is 10.1 Å². The van der Waals surface area contributed by atoms with Crippen molar-refractivity contribution in [3.05, 3.63) is 47.2 Å². The highest BCUT2D eigenvalue weighted by atomic mass is 32.1. The van der Waals surface area contributed by atoms with Crippen LogP contribution in [0.25, 0.3) is 0 Å². The number of amides is 1. The number of rotatable bonds is 6. The number of anilines is 1. The van der Waals surface area contributed by atoms with Crippen molar-refractivity contribution in [1.29, 1.82) is 0 Å². The maximum atomic E-state index is 12.8. The Bertz CT molecular complexity index is 847. The number of hydrogen-bond donors (Lipinski definition) is 1. The van der Waals surface area contributed by atoms with Gasteiger partial charge in [0, 0.05) is 13.0 Å². The maximum Gasteiger partial charge on any atom is 0.251 e. The van der Waals surface area contributed by atoms with Gasteiger partial charge in [0.1, 0.15) is 23.5 Å². The molecule has 3 aromatic rings. The maximum absolute atomic E-state index is 12.8. The van der Waals surface area contributed by atoms with E-state index in [-0.39, 0.29) is 12.0 Å². The molecule has 0 spiro atoms. The quantitative estimate of drug-likeness (QED) is 0.704. The zero-order valence-corrected chi connectivity index (χ0v) is 14.7. The van der Waals surface area contributed by atoms with E-state index in [0.717, 1.165) is 30.0 Å². The largest absolute Gasteiger partial charge is 0.371 e. The topological polar surface area (TPSA) is 108 Å². The molecule has 1 aliphatic heterocycles. The summed E-state index contributed by atoms with van der Waals surface area (Å²) in [6, 6.07) is 9.15. The second kappa shape index (κ2) is 7.67. The summed E-state index contributed by atoms with van der Waals surface area (Å²) in [5.41, 5.74) is 1.01. The number of nitrogens with zero attached hydrogens (tertiary/aromatic N) is 6. The predicted octanol–water partition coefficient (Wildman–Crippen LogP) is 1.80. The first-order valence-corrected chi connectivity index (χ1v) is 9.13. The second-order valence-electron chi connectivity index (χ2n) is 5.93. The van der Waals surface area contributed by atoms with Gasteiger partial charge in [-0.25, -0.2) is 4.68 Å². The van der Waals surface area contributed by atoms with Crippen LogP contribution in [0.2, 0.25) is 0 Å². The van der Waals surface area contributed by atoms with Gasteiger partial charge in [0.05, 0.1) is 0 Å². The number of benzene rings is 1. The Morgan fingerprint density at radius 1 is 1.35 bits per heavy atom. The van der Waals surface area contributed by atoms with Crippen molar-refractivity contribution < 1.29 is 9.53 Å². The van der Waals surface area contributed by atoms with Gasteiger partial charge >= 0.3 is 0 Å². The lowest BCUT2D eigenvalue weighted by molar-refractivity contribution is -0.119. The van der Waals surface area contributed by atoms with Gasteiger partial charge in [-0.2, -0.15) is 0 Å². The molecule has 26 heavy (non-hydrogen) atoms. The molecule has 1 fully saturated rings. The Kier molecular flexibility index (Phi) is 4.93. The SMILES string of the molecule is O=C(Nc1nnc(C2CCCO2)s1)C(Cc1ccccc1)n1cnnn1. The summed E-state index contributed by atoms with van der Waals surface area (Å²) in [6.45, 7) is 0.740. The van der Waals surface area contributed by atoms with Crippen LogP contribution in [0, 0.1) is 0 Å². The van der Waals surface area contributed by atoms with Crippen molar-refractivity contribution in [3.63, 3.8) is 0 Å². The molecule has 0 bridgehead atoms. The van der Waals surface area contributed by atoms with E-state index in [1.54, 1.807) is 0 Å². The minimum Gasteiger partial charge on any atom is -0.371 e. The summed E-state index contributed by atoms with van der Waals surface area (Å²) >= 11 is 1.34. The zero-order valence-electron chi connectivity index (χ0n) is 13.9. The standard InChI is InChI=1S/C16H17N7O2S/c24-14(18-16-20-19-15(26-16)13-7-4-8-25-13)12(23-10-17-21-22-23)9-11-5-2-1-3-6-11/h1-3,5-6,10,12-13H,4,7-9H2,(H,18,20,24). The van der Waals surface area contributed by atoms with Crippen LogP contribution < -0.4 is 5.32 Å². The summed E-state index contributed by atoms with van der Waals surface area (Å²) in [7, 11) is 0. The van der Waals surface area contributed by atoms with Gasteiger partial charge in [-0.15, -0.1) is 15.3 Å². The molecule has 9 nitrogen and oxygen atoms in total. The van der Waals surface area contributed by atoms with E-state index in [2.05, 4.69) is 31.0 Å². The monoisotopic (exact) mass is 371 g/mol. The van der Waals surface area contributed by atoms with Gasteiger partial charge < -0.3 is 4.74 Å². The highest BCUT2D eigenvalue weighted by Crippen LogP contribution is 2.32. The molecule has 2 unspecified atom stereocenters. The lowest BCUT2D eigenvalue weighted by Crippen LogP contribution is -2.28. The van der Waals surface area contributed by atoms with Crippen molar-refractivity contribution in [2.45, 2.75) is 31.4 Å². The van der Waals surface area contributed by atoms with Crippen LogP contribution in [0.3, 0.4) is 0 Å². The van der Waals surface area contributed by atoms with Crippen LogP contribution in [0.5, 0.6) is 0 Å². The predicted molar refractivity (Wildman–Crippen MR) is 93.5 cm³/mol. The molecule has 10 heteroatoms. The third-order valence-electron chi connectivity index (χ3n) is 4.13. The number of aromatic nitrogens is 6. The Hall–Kier alpha value is -2.72. The smallest absolute Gasteiger partial charge is 0.251 e. The molecule has 4 rings (SSSR count). The number of hydrogen-bond acceptors (Lipinski definition) is 8. The van der Waals surface area contributed by atoms with E-state index < -0.39 is 6.04 Å². The van der Waals surface area contributed by atoms with Gasteiger partial charge in [0.25, 0.3) is 5.91 Å². The van der Waals surface area contributed by atoms with Gasteiger partial charge in [0.15, 0.2) is 0 Å². The molecule has 2 atom stereocenters. The van der Waals surface area contributed by atoms with E-state index in [4.69, 9.17) is 4.74 Å². The number of nitrogens with one attached hydrogen (secondary N) is 1. The summed E-state index contributed by atoms with van der Waals surface area (Å²) in [4.78, 5) is 12.8. The Labute approximate surface area is 153 Å². The van der Waals surface area contributed by atoms with Crippen LogP contribution in [-0.4, -0.2) is 42.9 Å². The Morgan fingerprint density at radius 3 is 2.96 bits per heavy atom. The molecule has 0 aliphatic carbocycles. The van der Waals surface area contributed by atoms with Crippen molar-refractivity contribution in [2.75, 3.05) is 11.9 Å². The molecule has 1 aliphatic rings. The number of ether oxygens (including phenoxy) is 1. The number of tetrazole rings is 1. The van der Waals surface area contributed by atoms with E-state index in [1.807, 2.05) is 30.3 Å². The molecule has 1 amide bonds. The minimum absolute atomic E-state index is 0.0159. The van der Waals surface area contributed by atoms with Crippen molar-refractivity contribution in [2.24, 2.45) is 0 Å². The molecule has 3 heterocycles. The van der Waals surface area contributed by atoms with Gasteiger partial charge in [-0.05, 0) is 28.8 Å². The van der Waals surface area contributed by atoms with Crippen molar-refractivity contribution >= 4 is 22.4 Å². The lowest BCUT2D eigenvalue weighted by atomic mass is 10.1. The normalized spacial score (nSPS) is 17.9. The van der Waals surface area contributed by atoms with Crippen LogP contribution in [0.1, 0.15) is 35.6 Å². The van der Waals surface area contributed by atoms with Crippen LogP contribution in [0.4, 0.5) is 5.13 Å². The molecular weight excluding hydrogens is 354 g/mol. The van der Waals surface area contributed by atoms with Crippen LogP contribution in [-0.2, 0) is 16.0 Å². The first-order valence-electron chi connectivity index (χ1n) is 8.32. The van der Waals surface area contributed by atoms with Gasteiger partial charge in [0.2, 0.25) is 5.13 Å². The lowest BCUT2D eigenvalue weighted by Gasteiger charge is -2.15. The summed E-state index contributed by atoms with van der Waals surface area (Å²) in [5.74, 6) is -0.240. The third kappa shape index (κ3) is 3.75. The molecule has 1 aromatic carbocycles. The van der Waals surface area contributed by atoms with Gasteiger partial charge in [-0.1, -0.05) is 41.7 Å². The molecule has 1 saturated heterocycles. The first-order chi connectivity index (χ1) is 12.8. The van der Waals surface area contributed by atoms with Crippen molar-refractivity contribution in [1.82, 2.24) is 30.4 Å². The van der Waals surface area contributed by atoms with Crippen molar-refractivity contribution in [3.8, 4) is 0 Å². The summed E-state index contributed by atoms with van der Waals surface area (Å²) in [6.07, 6.45) is 3.84. The fourth-order valence-electron chi connectivity index (χ4n) is 2.83. The highest BCUT2D eigenvalue weighted by Gasteiger charge is 2.26. The summed E-state index contributed by atoms with van der Waals surface area (Å²) < 4.78 is 7.06. The van der Waals surface area contributed by atoms with E-state index in [0.29, 0.717) is 11.6 Å². The number of carbonyl (C=O) groups is 1. The fraction of sp³-hybridized carbons (Fsp3) is 0.375. The van der Waals surface area contributed by atoms with E-state index in [1.165, 1.54) is 22.3 Å². The average molecular weight is 371 g/mol. The number of carbonyl (C=O) groups excluding carboxylic acids is 1. The molecule has 2 aromatic heterocycles. The minimum atomic E-state index is -0.581. The average Bonchev–Trinajstić information content (AvgIpc) is 3.41. The molecule has 1 N–H and O–H groups in total. The molecule has 0 radical (unpaired) electrons. The van der Waals surface area contributed by atoms with E-state index in [9.17, 15) is 4.79 Å². The molecule has 0 saturated carbocycles. The zero-order chi connectivity index (χ0) is 17.8. The van der Waals surface area contributed by atoms with Crippen LogP contribution >= 0.6 is 11.3 Å². The molecular formula is C16H17N7O2S. The highest BCUT2D eigenvalue weighted by molar-refractivity contribution is 7.15. The van der Waals surface area contributed by atoms with E-state index >= 15 is 0 Å².